The summed E-state index contributed by atoms with van der Waals surface area (Å²) in [7, 11) is 0. The highest BCUT2D eigenvalue weighted by Crippen LogP contribution is 2.32. The lowest BCUT2D eigenvalue weighted by atomic mass is 10.1. The van der Waals surface area contributed by atoms with E-state index >= 15 is 0 Å². The number of fused-ring (bicyclic) bond motifs is 1. The van der Waals surface area contributed by atoms with Gasteiger partial charge in [-0.3, -0.25) is 9.59 Å². The number of hydrogen-bond acceptors (Lipinski definition) is 4. The van der Waals surface area contributed by atoms with E-state index in [1.54, 1.807) is 11.3 Å². The molecule has 4 rings (SSSR count). The van der Waals surface area contributed by atoms with Crippen LogP contribution in [0.2, 0.25) is 0 Å². The second-order valence-electron chi connectivity index (χ2n) is 6.65. The number of aryl methyl sites for hydroxylation is 1. The molecule has 24 heavy (non-hydrogen) atoms. The molecule has 0 radical (unpaired) electrons. The lowest BCUT2D eigenvalue weighted by Gasteiger charge is -2.15. The van der Waals surface area contributed by atoms with E-state index in [0.717, 1.165) is 36.2 Å². The summed E-state index contributed by atoms with van der Waals surface area (Å²) in [6, 6.07) is 8.55. The fraction of sp³-hybridized carbons (Fsp3) is 0.500. The van der Waals surface area contributed by atoms with Crippen LogP contribution in [0.25, 0.3) is 10.2 Å². The third kappa shape index (κ3) is 3.29. The summed E-state index contributed by atoms with van der Waals surface area (Å²) in [5, 5.41) is 4.10. The molecule has 1 saturated heterocycles. The molecule has 5 nitrogen and oxygen atoms in total. The Kier molecular flexibility index (Phi) is 4.22. The molecular formula is C18H21N3O2S. The molecule has 1 saturated carbocycles. The number of rotatable bonds is 6. The van der Waals surface area contributed by atoms with Crippen molar-refractivity contribution < 1.29 is 9.59 Å². The maximum Gasteiger partial charge on any atom is 0.225 e. The Labute approximate surface area is 145 Å². The van der Waals surface area contributed by atoms with Gasteiger partial charge in [-0.2, -0.15) is 0 Å². The van der Waals surface area contributed by atoms with Crippen molar-refractivity contribution in [1.29, 1.82) is 0 Å². The van der Waals surface area contributed by atoms with Gasteiger partial charge < -0.3 is 10.2 Å². The zero-order valence-electron chi connectivity index (χ0n) is 13.5. The largest absolute Gasteiger partial charge is 0.356 e. The lowest BCUT2D eigenvalue weighted by Crippen LogP contribution is -2.34. The van der Waals surface area contributed by atoms with Crippen LogP contribution in [0.5, 0.6) is 0 Å². The number of nitrogens with zero attached hydrogens (tertiary/aromatic N) is 2. The Balaban J connectivity index is 1.22. The van der Waals surface area contributed by atoms with Gasteiger partial charge in [-0.05, 0) is 31.4 Å². The number of thiazole rings is 1. The molecule has 0 bridgehead atoms. The van der Waals surface area contributed by atoms with Crippen LogP contribution in [0.3, 0.4) is 0 Å². The first-order valence-corrected chi connectivity index (χ1v) is 9.44. The van der Waals surface area contributed by atoms with Gasteiger partial charge >= 0.3 is 0 Å². The molecule has 6 heteroatoms. The number of nitrogens with one attached hydrogen (secondary N) is 1. The van der Waals surface area contributed by atoms with Crippen molar-refractivity contribution in [3.8, 4) is 0 Å². The standard InChI is InChI=1S/C18H21N3O2S/c22-17-10-12(11-21(17)13-7-8-13)18(23)19-9-3-6-16-20-14-4-1-2-5-15(14)24-16/h1-2,4-5,12-13H,3,6-11H2,(H,19,23). The van der Waals surface area contributed by atoms with E-state index in [1.165, 1.54) is 4.70 Å². The average Bonchev–Trinajstić information content (AvgIpc) is 3.22. The highest BCUT2D eigenvalue weighted by Gasteiger charge is 2.41. The lowest BCUT2D eigenvalue weighted by molar-refractivity contribution is -0.129. The molecule has 0 spiro atoms. The van der Waals surface area contributed by atoms with E-state index in [1.807, 2.05) is 23.1 Å². The minimum Gasteiger partial charge on any atom is -0.356 e. The third-order valence-corrected chi connectivity index (χ3v) is 5.82. The highest BCUT2D eigenvalue weighted by atomic mass is 32.1. The Morgan fingerprint density at radius 1 is 1.33 bits per heavy atom. The van der Waals surface area contributed by atoms with Gasteiger partial charge in [0.15, 0.2) is 0 Å². The molecule has 1 aromatic carbocycles. The average molecular weight is 343 g/mol. The highest BCUT2D eigenvalue weighted by molar-refractivity contribution is 7.18. The molecule has 1 aliphatic heterocycles. The van der Waals surface area contributed by atoms with E-state index in [-0.39, 0.29) is 17.7 Å². The number of likely N-dealkylation sites (tertiary alicyclic amines) is 1. The van der Waals surface area contributed by atoms with Crippen molar-refractivity contribution >= 4 is 33.4 Å². The molecule has 1 N–H and O–H groups in total. The molecule has 126 valence electrons. The van der Waals surface area contributed by atoms with Crippen LogP contribution in [0.1, 0.15) is 30.7 Å². The van der Waals surface area contributed by atoms with Crippen LogP contribution in [0.4, 0.5) is 0 Å². The molecule has 1 unspecified atom stereocenters. The monoisotopic (exact) mass is 343 g/mol. The number of carbonyl (C=O) groups is 2. The summed E-state index contributed by atoms with van der Waals surface area (Å²) >= 11 is 1.72. The minimum atomic E-state index is -0.166. The quantitative estimate of drug-likeness (QED) is 0.819. The topological polar surface area (TPSA) is 62.3 Å². The van der Waals surface area contributed by atoms with Crippen molar-refractivity contribution in [3.05, 3.63) is 29.3 Å². The van der Waals surface area contributed by atoms with E-state index in [0.29, 0.717) is 25.6 Å². The Morgan fingerprint density at radius 2 is 2.17 bits per heavy atom. The van der Waals surface area contributed by atoms with E-state index in [4.69, 9.17) is 0 Å². The van der Waals surface area contributed by atoms with Gasteiger partial charge in [-0.15, -0.1) is 11.3 Å². The van der Waals surface area contributed by atoms with Crippen molar-refractivity contribution in [2.45, 2.75) is 38.1 Å². The van der Waals surface area contributed by atoms with Crippen molar-refractivity contribution in [1.82, 2.24) is 15.2 Å². The Morgan fingerprint density at radius 3 is 2.96 bits per heavy atom. The predicted octanol–water partition coefficient (Wildman–Crippen LogP) is 2.36. The Hall–Kier alpha value is -1.95. The maximum atomic E-state index is 12.2. The van der Waals surface area contributed by atoms with Gasteiger partial charge in [0.25, 0.3) is 0 Å². The second kappa shape index (κ2) is 6.51. The summed E-state index contributed by atoms with van der Waals surface area (Å²) in [6.07, 6.45) is 4.32. The number of hydrogen-bond donors (Lipinski definition) is 1. The zero-order valence-corrected chi connectivity index (χ0v) is 14.3. The number of benzene rings is 1. The molecule has 2 fully saturated rings. The summed E-state index contributed by atoms with van der Waals surface area (Å²) in [6.45, 7) is 1.25. The normalized spacial score (nSPS) is 20.8. The number of para-hydroxylation sites is 1. The Bertz CT molecular complexity index is 735. The number of amides is 2. The van der Waals surface area contributed by atoms with Crippen molar-refractivity contribution in [2.75, 3.05) is 13.1 Å². The number of carbonyl (C=O) groups excluding carboxylic acids is 2. The van der Waals surface area contributed by atoms with Crippen LogP contribution in [-0.2, 0) is 16.0 Å². The zero-order chi connectivity index (χ0) is 16.5. The van der Waals surface area contributed by atoms with E-state index < -0.39 is 0 Å². The van der Waals surface area contributed by atoms with Crippen LogP contribution in [-0.4, -0.2) is 40.8 Å². The fourth-order valence-corrected chi connectivity index (χ4v) is 4.28. The summed E-state index contributed by atoms with van der Waals surface area (Å²) in [5.74, 6) is 0.00322. The SMILES string of the molecule is O=C(NCCCc1nc2ccccc2s1)C1CC(=O)N(C2CC2)C1. The molecule has 1 atom stereocenters. The molecule has 2 amide bonds. The smallest absolute Gasteiger partial charge is 0.225 e. The molecule has 1 aromatic heterocycles. The van der Waals surface area contributed by atoms with Crippen molar-refractivity contribution in [2.24, 2.45) is 5.92 Å². The van der Waals surface area contributed by atoms with Crippen LogP contribution >= 0.6 is 11.3 Å². The first-order valence-electron chi connectivity index (χ1n) is 8.62. The van der Waals surface area contributed by atoms with Crippen molar-refractivity contribution in [3.63, 3.8) is 0 Å². The first kappa shape index (κ1) is 15.6. The van der Waals surface area contributed by atoms with Gasteiger partial charge in [0.05, 0.1) is 21.1 Å². The molecule has 2 aromatic rings. The van der Waals surface area contributed by atoms with Gasteiger partial charge in [-0.1, -0.05) is 12.1 Å². The van der Waals surface area contributed by atoms with Gasteiger partial charge in [0.2, 0.25) is 11.8 Å². The van der Waals surface area contributed by atoms with Crippen LogP contribution in [0, 0.1) is 5.92 Å². The number of aromatic nitrogens is 1. The van der Waals surface area contributed by atoms with Crippen LogP contribution in [0.15, 0.2) is 24.3 Å². The maximum absolute atomic E-state index is 12.2. The summed E-state index contributed by atoms with van der Waals surface area (Å²) in [4.78, 5) is 30.6. The predicted molar refractivity (Wildman–Crippen MR) is 93.8 cm³/mol. The molecule has 2 heterocycles. The minimum absolute atomic E-state index is 0.0239. The fourth-order valence-electron chi connectivity index (χ4n) is 3.27. The van der Waals surface area contributed by atoms with Gasteiger partial charge in [0.1, 0.15) is 0 Å². The first-order chi connectivity index (χ1) is 11.7. The third-order valence-electron chi connectivity index (χ3n) is 4.72. The van der Waals surface area contributed by atoms with E-state index in [9.17, 15) is 9.59 Å². The van der Waals surface area contributed by atoms with E-state index in [2.05, 4.69) is 16.4 Å². The molecule has 1 aliphatic carbocycles. The molecule has 2 aliphatic rings. The second-order valence-corrected chi connectivity index (χ2v) is 7.76. The van der Waals surface area contributed by atoms with Gasteiger partial charge in [0, 0.05) is 32.0 Å². The summed E-state index contributed by atoms with van der Waals surface area (Å²) < 4.78 is 1.21. The van der Waals surface area contributed by atoms with Crippen LogP contribution < -0.4 is 5.32 Å². The molecular weight excluding hydrogens is 322 g/mol. The van der Waals surface area contributed by atoms with Gasteiger partial charge in [-0.25, -0.2) is 4.98 Å². The summed E-state index contributed by atoms with van der Waals surface area (Å²) in [5.41, 5.74) is 1.05.